The lowest BCUT2D eigenvalue weighted by atomic mass is 10.1. The van der Waals surface area contributed by atoms with E-state index in [4.69, 9.17) is 28.1 Å². The van der Waals surface area contributed by atoms with Crippen molar-refractivity contribution in [3.05, 3.63) is 40.6 Å². The first-order valence-corrected chi connectivity index (χ1v) is 8.08. The van der Waals surface area contributed by atoms with E-state index >= 15 is 0 Å². The van der Waals surface area contributed by atoms with Crippen LogP contribution in [0, 0.1) is 0 Å². The van der Waals surface area contributed by atoms with Gasteiger partial charge in [0.1, 0.15) is 5.39 Å². The van der Waals surface area contributed by atoms with E-state index in [9.17, 15) is 4.79 Å². The summed E-state index contributed by atoms with van der Waals surface area (Å²) in [7, 11) is 7.21. The monoisotopic (exact) mass is 372 g/mol. The lowest BCUT2D eigenvalue weighted by Gasteiger charge is -2.18. The zero-order chi connectivity index (χ0) is 19.6. The number of rotatable bonds is 6. The van der Waals surface area contributed by atoms with Crippen molar-refractivity contribution in [2.45, 2.75) is 0 Å². The van der Waals surface area contributed by atoms with Gasteiger partial charge < -0.3 is 28.1 Å². The Morgan fingerprint density at radius 2 is 1.19 bits per heavy atom. The molecule has 0 aliphatic rings. The summed E-state index contributed by atoms with van der Waals surface area (Å²) >= 11 is 0. The molecule has 0 radical (unpaired) electrons. The summed E-state index contributed by atoms with van der Waals surface area (Å²) in [5.41, 5.74) is 0.453. The highest BCUT2D eigenvalue weighted by molar-refractivity contribution is 5.96. The molecule has 0 spiro atoms. The molecular weight excluding hydrogens is 352 g/mol. The highest BCUT2D eigenvalue weighted by Gasteiger charge is 2.29. The molecule has 0 aliphatic heterocycles. The Labute approximate surface area is 156 Å². The molecule has 27 heavy (non-hydrogen) atoms. The van der Waals surface area contributed by atoms with Gasteiger partial charge in [0.2, 0.25) is 28.4 Å². The van der Waals surface area contributed by atoms with Gasteiger partial charge in [-0.3, -0.25) is 4.79 Å². The molecule has 142 valence electrons. The maximum atomic E-state index is 13.3. The molecule has 0 aliphatic carbocycles. The van der Waals surface area contributed by atoms with Gasteiger partial charge in [0.15, 0.2) is 17.1 Å². The Morgan fingerprint density at radius 3 is 1.70 bits per heavy atom. The summed E-state index contributed by atoms with van der Waals surface area (Å²) in [5.74, 6) is 1.23. The quantitative estimate of drug-likeness (QED) is 0.655. The molecular formula is C20H20O7. The Morgan fingerprint density at radius 1 is 0.667 bits per heavy atom. The van der Waals surface area contributed by atoms with E-state index in [1.807, 2.05) is 30.3 Å². The largest absolute Gasteiger partial charge is 0.492 e. The van der Waals surface area contributed by atoms with E-state index in [2.05, 4.69) is 0 Å². The van der Waals surface area contributed by atoms with Crippen molar-refractivity contribution < 1.29 is 28.1 Å². The summed E-state index contributed by atoms with van der Waals surface area (Å²) in [5, 5.41) is 0.142. The number of fused-ring (bicyclic) bond motifs is 1. The van der Waals surface area contributed by atoms with Crippen LogP contribution >= 0.6 is 0 Å². The third-order valence-corrected chi connectivity index (χ3v) is 4.18. The van der Waals surface area contributed by atoms with Crippen LogP contribution in [0.2, 0.25) is 0 Å². The van der Waals surface area contributed by atoms with Crippen molar-refractivity contribution in [3.8, 4) is 40.1 Å². The van der Waals surface area contributed by atoms with Crippen molar-refractivity contribution in [1.29, 1.82) is 0 Å². The predicted molar refractivity (Wildman–Crippen MR) is 101 cm³/mol. The lowest BCUT2D eigenvalue weighted by molar-refractivity contribution is 0.306. The van der Waals surface area contributed by atoms with Gasteiger partial charge in [0.05, 0.1) is 35.5 Å². The van der Waals surface area contributed by atoms with Crippen LogP contribution in [0.5, 0.6) is 28.7 Å². The third-order valence-electron chi connectivity index (χ3n) is 4.18. The number of ether oxygens (including phenoxy) is 5. The minimum absolute atomic E-state index is 0.0567. The number of methoxy groups -OCH3 is 5. The molecule has 3 rings (SSSR count). The molecule has 2 aromatic carbocycles. The Hall–Kier alpha value is -3.35. The Bertz CT molecular complexity index is 1020. The molecule has 0 bridgehead atoms. The van der Waals surface area contributed by atoms with Gasteiger partial charge in [-0.1, -0.05) is 30.3 Å². The predicted octanol–water partition coefficient (Wildman–Crippen LogP) is 3.50. The van der Waals surface area contributed by atoms with Crippen LogP contribution in [0.1, 0.15) is 0 Å². The summed E-state index contributed by atoms with van der Waals surface area (Å²) in [6.07, 6.45) is 0. The van der Waals surface area contributed by atoms with Crippen LogP contribution in [0.25, 0.3) is 22.3 Å². The SMILES string of the molecule is COc1c(OC)c(OC)c2c(=O)c(OC)c(-c3ccccc3)oc2c1OC. The summed E-state index contributed by atoms with van der Waals surface area (Å²) in [4.78, 5) is 13.3. The maximum absolute atomic E-state index is 13.3. The van der Waals surface area contributed by atoms with Crippen LogP contribution in [-0.2, 0) is 0 Å². The first kappa shape index (κ1) is 18.4. The second-order valence-electron chi connectivity index (χ2n) is 5.50. The van der Waals surface area contributed by atoms with E-state index in [1.165, 1.54) is 35.5 Å². The number of hydrogen-bond donors (Lipinski definition) is 0. The lowest BCUT2D eigenvalue weighted by Crippen LogP contribution is -2.11. The summed E-state index contributed by atoms with van der Waals surface area (Å²) < 4.78 is 33.2. The van der Waals surface area contributed by atoms with Gasteiger partial charge in [0, 0.05) is 5.56 Å². The zero-order valence-electron chi connectivity index (χ0n) is 15.7. The number of hydrogen-bond acceptors (Lipinski definition) is 7. The third kappa shape index (κ3) is 2.81. The van der Waals surface area contributed by atoms with Gasteiger partial charge in [0.25, 0.3) is 0 Å². The van der Waals surface area contributed by atoms with Crippen LogP contribution < -0.4 is 29.1 Å². The molecule has 0 N–H and O–H groups in total. The average molecular weight is 372 g/mol. The van der Waals surface area contributed by atoms with Gasteiger partial charge in [-0.25, -0.2) is 0 Å². The molecule has 1 aromatic heterocycles. The van der Waals surface area contributed by atoms with E-state index in [0.717, 1.165) is 0 Å². The Kier molecular flexibility index (Phi) is 5.12. The highest BCUT2D eigenvalue weighted by atomic mass is 16.5. The van der Waals surface area contributed by atoms with Crippen LogP contribution in [0.4, 0.5) is 0 Å². The van der Waals surface area contributed by atoms with Gasteiger partial charge in [-0.2, -0.15) is 0 Å². The summed E-state index contributed by atoms with van der Waals surface area (Å²) in [6.45, 7) is 0. The van der Waals surface area contributed by atoms with E-state index in [1.54, 1.807) is 0 Å². The summed E-state index contributed by atoms with van der Waals surface area (Å²) in [6, 6.07) is 9.18. The second-order valence-corrected chi connectivity index (χ2v) is 5.50. The van der Waals surface area contributed by atoms with E-state index in [0.29, 0.717) is 5.56 Å². The fourth-order valence-corrected chi connectivity index (χ4v) is 3.02. The van der Waals surface area contributed by atoms with Crippen LogP contribution in [-0.4, -0.2) is 35.5 Å². The van der Waals surface area contributed by atoms with Crippen LogP contribution in [0.3, 0.4) is 0 Å². The topological polar surface area (TPSA) is 76.4 Å². The minimum atomic E-state index is -0.409. The molecule has 0 fully saturated rings. The molecule has 0 saturated heterocycles. The zero-order valence-corrected chi connectivity index (χ0v) is 15.7. The molecule has 3 aromatic rings. The van der Waals surface area contributed by atoms with Crippen molar-refractivity contribution in [3.63, 3.8) is 0 Å². The molecule has 7 heteroatoms. The first-order chi connectivity index (χ1) is 13.1. The van der Waals surface area contributed by atoms with Gasteiger partial charge >= 0.3 is 0 Å². The molecule has 0 atom stereocenters. The smallest absolute Gasteiger partial charge is 0.239 e. The van der Waals surface area contributed by atoms with Crippen molar-refractivity contribution >= 4 is 11.0 Å². The normalized spacial score (nSPS) is 10.6. The fourth-order valence-electron chi connectivity index (χ4n) is 3.02. The van der Waals surface area contributed by atoms with E-state index in [-0.39, 0.29) is 45.5 Å². The number of benzene rings is 2. The highest BCUT2D eigenvalue weighted by Crippen LogP contribution is 2.51. The van der Waals surface area contributed by atoms with Crippen LogP contribution in [0.15, 0.2) is 39.5 Å². The second kappa shape index (κ2) is 7.49. The molecule has 0 amide bonds. The first-order valence-electron chi connectivity index (χ1n) is 8.08. The van der Waals surface area contributed by atoms with Crippen molar-refractivity contribution in [2.24, 2.45) is 0 Å². The average Bonchev–Trinajstić information content (AvgIpc) is 2.72. The van der Waals surface area contributed by atoms with Gasteiger partial charge in [-0.15, -0.1) is 0 Å². The fraction of sp³-hybridized carbons (Fsp3) is 0.250. The van der Waals surface area contributed by atoms with Crippen molar-refractivity contribution in [2.75, 3.05) is 35.5 Å². The standard InChI is InChI=1S/C20H20O7/c1-22-15-12-13(21)17(23-2)14(11-9-7-6-8-10-11)27-16(12)19(25-4)20(26-5)18(15)24-3/h6-10H,1-5H3. The molecule has 0 unspecified atom stereocenters. The maximum Gasteiger partial charge on any atom is 0.239 e. The minimum Gasteiger partial charge on any atom is -0.492 e. The van der Waals surface area contributed by atoms with E-state index < -0.39 is 5.43 Å². The molecule has 0 saturated carbocycles. The van der Waals surface area contributed by atoms with Gasteiger partial charge in [-0.05, 0) is 0 Å². The molecule has 7 nitrogen and oxygen atoms in total. The molecule has 1 heterocycles. The van der Waals surface area contributed by atoms with Crippen molar-refractivity contribution in [1.82, 2.24) is 0 Å². The Balaban J connectivity index is 2.56.